The molecule has 0 saturated carbocycles. The van der Waals surface area contributed by atoms with Crippen molar-refractivity contribution < 1.29 is 14.7 Å². The molecule has 0 aromatic heterocycles. The van der Waals surface area contributed by atoms with E-state index in [9.17, 15) is 9.59 Å². The largest absolute Gasteiger partial charge is 0.475 e. The number of aliphatic carboxylic acids is 1. The van der Waals surface area contributed by atoms with Crippen molar-refractivity contribution in [2.24, 2.45) is 0 Å². The van der Waals surface area contributed by atoms with Crippen LogP contribution in [0.1, 0.15) is 34.7 Å². The van der Waals surface area contributed by atoms with Gasteiger partial charge < -0.3 is 10.4 Å². The first kappa shape index (κ1) is 11.8. The van der Waals surface area contributed by atoms with E-state index >= 15 is 0 Å². The van der Waals surface area contributed by atoms with Gasteiger partial charge in [0, 0.05) is 5.56 Å². The minimum Gasteiger partial charge on any atom is -0.475 e. The maximum Gasteiger partial charge on any atom is 0.377 e. The lowest BCUT2D eigenvalue weighted by Crippen LogP contribution is -2.26. The number of carbonyl (C=O) groups is 2. The molecule has 1 saturated heterocycles. The van der Waals surface area contributed by atoms with Crippen LogP contribution in [0.25, 0.3) is 0 Å². The zero-order valence-electron chi connectivity index (χ0n) is 9.48. The zero-order valence-corrected chi connectivity index (χ0v) is 9.48. The summed E-state index contributed by atoms with van der Waals surface area (Å²) in [6.45, 7) is 2.03. The van der Waals surface area contributed by atoms with Crippen molar-refractivity contribution in [1.29, 1.82) is 0 Å². The van der Waals surface area contributed by atoms with Crippen molar-refractivity contribution in [3.05, 3.63) is 35.4 Å². The summed E-state index contributed by atoms with van der Waals surface area (Å²) in [7, 11) is 0. The van der Waals surface area contributed by atoms with Gasteiger partial charge in [-0.1, -0.05) is 24.3 Å². The van der Waals surface area contributed by atoms with Crippen LogP contribution in [0.3, 0.4) is 0 Å². The SMILES string of the molecule is O=C(O)C(=O)c1ccc(C2CCNCC2)cc1. The van der Waals surface area contributed by atoms with E-state index in [1.54, 1.807) is 12.1 Å². The highest BCUT2D eigenvalue weighted by molar-refractivity contribution is 6.39. The lowest BCUT2D eigenvalue weighted by molar-refractivity contribution is -0.131. The highest BCUT2D eigenvalue weighted by Crippen LogP contribution is 2.25. The smallest absolute Gasteiger partial charge is 0.377 e. The summed E-state index contributed by atoms with van der Waals surface area (Å²) in [5.74, 6) is -1.73. The standard InChI is InChI=1S/C13H15NO3/c15-12(13(16)17)11-3-1-9(2-4-11)10-5-7-14-8-6-10/h1-4,10,14H,5-8H2,(H,16,17). The van der Waals surface area contributed by atoms with E-state index in [0.717, 1.165) is 25.9 Å². The first-order valence-electron chi connectivity index (χ1n) is 5.77. The van der Waals surface area contributed by atoms with E-state index in [1.807, 2.05) is 12.1 Å². The van der Waals surface area contributed by atoms with Crippen LogP contribution in [-0.4, -0.2) is 29.9 Å². The molecule has 0 spiro atoms. The topological polar surface area (TPSA) is 66.4 Å². The van der Waals surface area contributed by atoms with E-state index in [0.29, 0.717) is 5.92 Å². The van der Waals surface area contributed by atoms with E-state index < -0.39 is 11.8 Å². The predicted molar refractivity (Wildman–Crippen MR) is 63.3 cm³/mol. The maximum absolute atomic E-state index is 11.2. The van der Waals surface area contributed by atoms with Gasteiger partial charge in [-0.15, -0.1) is 0 Å². The van der Waals surface area contributed by atoms with Crippen LogP contribution in [-0.2, 0) is 4.79 Å². The normalized spacial score (nSPS) is 16.7. The van der Waals surface area contributed by atoms with E-state index in [4.69, 9.17) is 5.11 Å². The first-order valence-corrected chi connectivity index (χ1v) is 5.77. The monoisotopic (exact) mass is 233 g/mol. The van der Waals surface area contributed by atoms with Gasteiger partial charge in [-0.25, -0.2) is 4.79 Å². The molecule has 0 amide bonds. The van der Waals surface area contributed by atoms with E-state index in [-0.39, 0.29) is 5.56 Å². The van der Waals surface area contributed by atoms with Crippen LogP contribution >= 0.6 is 0 Å². The molecule has 0 atom stereocenters. The Morgan fingerprint density at radius 1 is 1.12 bits per heavy atom. The zero-order chi connectivity index (χ0) is 12.3. The molecule has 1 heterocycles. The molecule has 1 aromatic rings. The Balaban J connectivity index is 2.12. The lowest BCUT2D eigenvalue weighted by atomic mass is 9.89. The van der Waals surface area contributed by atoms with Crippen molar-refractivity contribution in [1.82, 2.24) is 5.32 Å². The summed E-state index contributed by atoms with van der Waals surface area (Å²) in [6, 6.07) is 6.94. The van der Waals surface area contributed by atoms with Crippen molar-refractivity contribution in [2.45, 2.75) is 18.8 Å². The van der Waals surface area contributed by atoms with Crippen molar-refractivity contribution in [3.8, 4) is 0 Å². The molecule has 1 fully saturated rings. The third-order valence-corrected chi connectivity index (χ3v) is 3.18. The fourth-order valence-electron chi connectivity index (χ4n) is 2.19. The van der Waals surface area contributed by atoms with Crippen LogP contribution in [0, 0.1) is 0 Å². The van der Waals surface area contributed by atoms with Crippen molar-refractivity contribution >= 4 is 11.8 Å². The fraction of sp³-hybridized carbons (Fsp3) is 0.385. The van der Waals surface area contributed by atoms with Gasteiger partial charge in [-0.2, -0.15) is 0 Å². The Bertz CT molecular complexity index is 419. The molecule has 4 heteroatoms. The number of benzene rings is 1. The Kier molecular flexibility index (Phi) is 3.54. The van der Waals surface area contributed by atoms with E-state index in [1.165, 1.54) is 5.56 Å². The second-order valence-electron chi connectivity index (χ2n) is 4.28. The molecule has 17 heavy (non-hydrogen) atoms. The summed E-state index contributed by atoms with van der Waals surface area (Å²) in [5, 5.41) is 11.9. The number of carboxylic acids is 1. The van der Waals surface area contributed by atoms with Crippen LogP contribution in [0.5, 0.6) is 0 Å². The molecule has 2 rings (SSSR count). The number of hydrogen-bond donors (Lipinski definition) is 2. The van der Waals surface area contributed by atoms with Gasteiger partial charge in [0.2, 0.25) is 0 Å². The molecule has 4 nitrogen and oxygen atoms in total. The first-order chi connectivity index (χ1) is 8.18. The third-order valence-electron chi connectivity index (χ3n) is 3.18. The highest BCUT2D eigenvalue weighted by Gasteiger charge is 2.17. The molecule has 0 bridgehead atoms. The van der Waals surface area contributed by atoms with Crippen molar-refractivity contribution in [2.75, 3.05) is 13.1 Å². The van der Waals surface area contributed by atoms with Gasteiger partial charge in [0.25, 0.3) is 5.78 Å². The molecule has 2 N–H and O–H groups in total. The van der Waals surface area contributed by atoms with Gasteiger partial charge in [-0.3, -0.25) is 4.79 Å². The molecule has 0 unspecified atom stereocenters. The highest BCUT2D eigenvalue weighted by atomic mass is 16.4. The molecule has 90 valence electrons. The number of carbonyl (C=O) groups excluding carboxylic acids is 1. The summed E-state index contributed by atoms with van der Waals surface area (Å²) >= 11 is 0. The second kappa shape index (κ2) is 5.10. The molecule has 0 aliphatic carbocycles. The number of piperidine rings is 1. The van der Waals surface area contributed by atoms with Gasteiger partial charge in [0.15, 0.2) is 0 Å². The number of hydrogen-bond acceptors (Lipinski definition) is 3. The molecular formula is C13H15NO3. The predicted octanol–water partition coefficient (Wildman–Crippen LogP) is 1.42. The van der Waals surface area contributed by atoms with Gasteiger partial charge >= 0.3 is 5.97 Å². The minimum absolute atomic E-state index is 0.246. The lowest BCUT2D eigenvalue weighted by Gasteiger charge is -2.22. The average molecular weight is 233 g/mol. The third kappa shape index (κ3) is 2.71. The summed E-state index contributed by atoms with van der Waals surface area (Å²) in [6.07, 6.45) is 2.18. The average Bonchev–Trinajstić information content (AvgIpc) is 2.39. The fourth-order valence-corrected chi connectivity index (χ4v) is 2.19. The van der Waals surface area contributed by atoms with Gasteiger partial charge in [0.05, 0.1) is 0 Å². The summed E-state index contributed by atoms with van der Waals surface area (Å²) in [5.41, 5.74) is 1.43. The molecule has 1 aliphatic heterocycles. The van der Waals surface area contributed by atoms with Gasteiger partial charge in [-0.05, 0) is 37.4 Å². The summed E-state index contributed by atoms with van der Waals surface area (Å²) in [4.78, 5) is 21.8. The Hall–Kier alpha value is -1.68. The second-order valence-corrected chi connectivity index (χ2v) is 4.28. The molecule has 1 aromatic carbocycles. The quantitative estimate of drug-likeness (QED) is 0.612. The Labute approximate surface area is 99.6 Å². The maximum atomic E-state index is 11.2. The molecule has 1 aliphatic rings. The molecule has 0 radical (unpaired) electrons. The number of rotatable bonds is 3. The van der Waals surface area contributed by atoms with Crippen LogP contribution in [0.4, 0.5) is 0 Å². The Morgan fingerprint density at radius 3 is 2.24 bits per heavy atom. The number of ketones is 1. The number of Topliss-reactive ketones (excluding diaryl/α,β-unsaturated/α-hetero) is 1. The van der Waals surface area contributed by atoms with Gasteiger partial charge in [0.1, 0.15) is 0 Å². The van der Waals surface area contributed by atoms with Crippen LogP contribution in [0.15, 0.2) is 24.3 Å². The summed E-state index contributed by atoms with van der Waals surface area (Å²) < 4.78 is 0. The van der Waals surface area contributed by atoms with Crippen LogP contribution in [0.2, 0.25) is 0 Å². The Morgan fingerprint density at radius 2 is 1.71 bits per heavy atom. The van der Waals surface area contributed by atoms with Crippen molar-refractivity contribution in [3.63, 3.8) is 0 Å². The minimum atomic E-state index is -1.40. The van der Waals surface area contributed by atoms with Crippen LogP contribution < -0.4 is 5.32 Å². The van der Waals surface area contributed by atoms with E-state index in [2.05, 4.69) is 5.32 Å². The number of carboxylic acid groups (broad SMARTS) is 1. The molecular weight excluding hydrogens is 218 g/mol. The number of nitrogens with one attached hydrogen (secondary N) is 1.